The van der Waals surface area contributed by atoms with Crippen LogP contribution < -0.4 is 15.0 Å². The number of ether oxygens (including phenoxy) is 2. The molecule has 1 aromatic carbocycles. The van der Waals surface area contributed by atoms with E-state index in [1.807, 2.05) is 0 Å². The topological polar surface area (TPSA) is 71.2 Å². The molecule has 2 aliphatic rings. The predicted molar refractivity (Wildman–Crippen MR) is 71.8 cm³/mol. The number of halogens is 3. The molecule has 9 heteroatoms. The summed E-state index contributed by atoms with van der Waals surface area (Å²) in [5.74, 6) is -1.12. The Morgan fingerprint density at radius 3 is 2.78 bits per heavy atom. The molecule has 1 N–H and O–H groups in total. The van der Waals surface area contributed by atoms with E-state index in [0.29, 0.717) is 19.6 Å². The van der Waals surface area contributed by atoms with Gasteiger partial charge < -0.3 is 19.7 Å². The number of nitrogens with zero attached hydrogens (tertiary/aromatic N) is 1. The molecule has 0 aliphatic carbocycles. The molecular weight excluding hydrogens is 317 g/mol. The van der Waals surface area contributed by atoms with Crippen molar-refractivity contribution in [3.63, 3.8) is 0 Å². The first-order valence-corrected chi connectivity index (χ1v) is 6.93. The number of amides is 2. The summed E-state index contributed by atoms with van der Waals surface area (Å²) in [6, 6.07) is 4.47. The number of hydrogen-bond donors (Lipinski definition) is 1. The first kappa shape index (κ1) is 15.6. The number of benzene rings is 1. The van der Waals surface area contributed by atoms with Crippen LogP contribution in [-0.4, -0.2) is 43.5 Å². The SMILES string of the molecule is O=C(NC1CCN(c2cccc(OC(F)(F)F)c2)C1=O)C1CO1. The standard InChI is InChI=1S/C14H13F3N2O4/c15-14(16,17)23-9-3-1-2-8(6-9)19-5-4-10(13(19)21)18-12(20)11-7-22-11/h1-3,6,10-11H,4-5,7H2,(H,18,20). The Labute approximate surface area is 129 Å². The molecular formula is C14H13F3N2O4. The fraction of sp³-hybridized carbons (Fsp3) is 0.429. The highest BCUT2D eigenvalue weighted by Crippen LogP contribution is 2.29. The number of alkyl halides is 3. The summed E-state index contributed by atoms with van der Waals surface area (Å²) in [5, 5.41) is 2.58. The number of anilines is 1. The number of carbonyl (C=O) groups excluding carboxylic acids is 2. The molecule has 3 rings (SSSR count). The van der Waals surface area contributed by atoms with Gasteiger partial charge in [0.2, 0.25) is 5.91 Å². The van der Waals surface area contributed by atoms with Gasteiger partial charge in [-0.05, 0) is 18.6 Å². The maximum absolute atomic E-state index is 12.3. The van der Waals surface area contributed by atoms with E-state index in [9.17, 15) is 22.8 Å². The van der Waals surface area contributed by atoms with Gasteiger partial charge in [-0.25, -0.2) is 0 Å². The van der Waals surface area contributed by atoms with Crippen LogP contribution in [0.3, 0.4) is 0 Å². The summed E-state index contributed by atoms with van der Waals surface area (Å²) in [4.78, 5) is 25.2. The van der Waals surface area contributed by atoms with Gasteiger partial charge in [0.25, 0.3) is 5.91 Å². The van der Waals surface area contributed by atoms with E-state index in [-0.39, 0.29) is 17.5 Å². The molecule has 2 unspecified atom stereocenters. The monoisotopic (exact) mass is 330 g/mol. The molecule has 1 aromatic rings. The second kappa shape index (κ2) is 5.73. The molecule has 0 radical (unpaired) electrons. The Balaban J connectivity index is 1.68. The molecule has 2 fully saturated rings. The molecule has 0 bridgehead atoms. The molecule has 0 spiro atoms. The smallest absolute Gasteiger partial charge is 0.406 e. The lowest BCUT2D eigenvalue weighted by atomic mass is 10.2. The largest absolute Gasteiger partial charge is 0.573 e. The minimum atomic E-state index is -4.80. The van der Waals surface area contributed by atoms with E-state index in [4.69, 9.17) is 4.74 Å². The third-order valence-electron chi connectivity index (χ3n) is 3.51. The van der Waals surface area contributed by atoms with E-state index in [2.05, 4.69) is 10.1 Å². The highest BCUT2D eigenvalue weighted by Gasteiger charge is 2.38. The fourth-order valence-corrected chi connectivity index (χ4v) is 2.38. The zero-order chi connectivity index (χ0) is 16.6. The zero-order valence-electron chi connectivity index (χ0n) is 11.8. The van der Waals surface area contributed by atoms with E-state index in [1.54, 1.807) is 0 Å². The normalized spacial score (nSPS) is 23.8. The first-order chi connectivity index (χ1) is 10.8. The third-order valence-corrected chi connectivity index (χ3v) is 3.51. The predicted octanol–water partition coefficient (Wildman–Crippen LogP) is 1.21. The lowest BCUT2D eigenvalue weighted by Gasteiger charge is -2.18. The molecule has 0 aromatic heterocycles. The van der Waals surface area contributed by atoms with Gasteiger partial charge in [-0.1, -0.05) is 6.07 Å². The van der Waals surface area contributed by atoms with Crippen LogP contribution in [0.15, 0.2) is 24.3 Å². The van der Waals surface area contributed by atoms with Gasteiger partial charge in [-0.15, -0.1) is 13.2 Å². The van der Waals surface area contributed by atoms with Crippen molar-refractivity contribution < 1.29 is 32.2 Å². The van der Waals surface area contributed by atoms with E-state index < -0.39 is 24.3 Å². The minimum absolute atomic E-state index is 0.288. The third kappa shape index (κ3) is 3.73. The van der Waals surface area contributed by atoms with Crippen LogP contribution >= 0.6 is 0 Å². The second-order valence-corrected chi connectivity index (χ2v) is 5.21. The molecule has 2 aliphatic heterocycles. The lowest BCUT2D eigenvalue weighted by Crippen LogP contribution is -2.43. The summed E-state index contributed by atoms with van der Waals surface area (Å²) < 4.78 is 45.4. The average molecular weight is 330 g/mol. The quantitative estimate of drug-likeness (QED) is 0.843. The first-order valence-electron chi connectivity index (χ1n) is 6.93. The van der Waals surface area contributed by atoms with Gasteiger partial charge in [0.05, 0.1) is 6.61 Å². The van der Waals surface area contributed by atoms with Crippen LogP contribution in [0.25, 0.3) is 0 Å². The van der Waals surface area contributed by atoms with Crippen molar-refractivity contribution in [1.82, 2.24) is 5.32 Å². The maximum atomic E-state index is 12.3. The molecule has 2 atom stereocenters. The highest BCUT2D eigenvalue weighted by molar-refractivity contribution is 6.01. The Morgan fingerprint density at radius 2 is 2.13 bits per heavy atom. The van der Waals surface area contributed by atoms with Gasteiger partial charge in [-0.2, -0.15) is 0 Å². The van der Waals surface area contributed by atoms with Gasteiger partial charge >= 0.3 is 6.36 Å². The maximum Gasteiger partial charge on any atom is 0.573 e. The molecule has 2 heterocycles. The van der Waals surface area contributed by atoms with Crippen molar-refractivity contribution in [2.45, 2.75) is 24.9 Å². The zero-order valence-corrected chi connectivity index (χ0v) is 11.8. The summed E-state index contributed by atoms with van der Waals surface area (Å²) >= 11 is 0. The van der Waals surface area contributed by atoms with Crippen molar-refractivity contribution in [3.05, 3.63) is 24.3 Å². The Morgan fingerprint density at radius 1 is 1.39 bits per heavy atom. The van der Waals surface area contributed by atoms with Crippen molar-refractivity contribution in [1.29, 1.82) is 0 Å². The lowest BCUT2D eigenvalue weighted by molar-refractivity contribution is -0.274. The summed E-state index contributed by atoms with van der Waals surface area (Å²) in [7, 11) is 0. The van der Waals surface area contributed by atoms with Crippen LogP contribution in [0.1, 0.15) is 6.42 Å². The Hall–Kier alpha value is -2.29. The van der Waals surface area contributed by atoms with Crippen LogP contribution in [0.4, 0.5) is 18.9 Å². The molecule has 0 saturated carbocycles. The summed E-state index contributed by atoms with van der Waals surface area (Å²) in [6.07, 6.45) is -4.92. The van der Waals surface area contributed by atoms with E-state index >= 15 is 0 Å². The van der Waals surface area contributed by atoms with Gasteiger partial charge in [0, 0.05) is 18.3 Å². The number of nitrogens with one attached hydrogen (secondary N) is 1. The second-order valence-electron chi connectivity index (χ2n) is 5.21. The van der Waals surface area contributed by atoms with Crippen molar-refractivity contribution in [2.75, 3.05) is 18.1 Å². The number of rotatable bonds is 4. The Kier molecular flexibility index (Phi) is 3.88. The number of epoxide rings is 1. The molecule has 2 saturated heterocycles. The Bertz CT molecular complexity index is 631. The fourth-order valence-electron chi connectivity index (χ4n) is 2.38. The van der Waals surface area contributed by atoms with Gasteiger partial charge in [0.15, 0.2) is 6.10 Å². The van der Waals surface area contributed by atoms with Crippen molar-refractivity contribution in [2.24, 2.45) is 0 Å². The van der Waals surface area contributed by atoms with Crippen LogP contribution in [0.2, 0.25) is 0 Å². The molecule has 124 valence electrons. The molecule has 6 nitrogen and oxygen atoms in total. The molecule has 23 heavy (non-hydrogen) atoms. The van der Waals surface area contributed by atoms with E-state index in [0.717, 1.165) is 12.1 Å². The van der Waals surface area contributed by atoms with Crippen molar-refractivity contribution >= 4 is 17.5 Å². The average Bonchev–Trinajstić information content (AvgIpc) is 3.24. The minimum Gasteiger partial charge on any atom is -0.406 e. The van der Waals surface area contributed by atoms with Crippen LogP contribution in [-0.2, 0) is 14.3 Å². The van der Waals surface area contributed by atoms with Gasteiger partial charge in [0.1, 0.15) is 11.8 Å². The summed E-state index contributed by atoms with van der Waals surface area (Å²) in [5.41, 5.74) is 0.288. The van der Waals surface area contributed by atoms with Crippen LogP contribution in [0, 0.1) is 0 Å². The highest BCUT2D eigenvalue weighted by atomic mass is 19.4. The number of hydrogen-bond acceptors (Lipinski definition) is 4. The summed E-state index contributed by atoms with van der Waals surface area (Å²) in [6.45, 7) is 0.637. The molecule has 2 amide bonds. The van der Waals surface area contributed by atoms with Gasteiger partial charge in [-0.3, -0.25) is 9.59 Å². The van der Waals surface area contributed by atoms with Crippen LogP contribution in [0.5, 0.6) is 5.75 Å². The van der Waals surface area contributed by atoms with Crippen molar-refractivity contribution in [3.8, 4) is 5.75 Å². The van der Waals surface area contributed by atoms with E-state index in [1.165, 1.54) is 17.0 Å². The number of carbonyl (C=O) groups is 2.